The first-order valence-corrected chi connectivity index (χ1v) is 11.5. The topological polar surface area (TPSA) is 49.7 Å². The van der Waals surface area contributed by atoms with E-state index < -0.39 is 9.84 Å². The standard InChI is InChI=1S/C20H22N2O2S2/c1-14-8-9-16(10-15(14)2)11-25-20-21-18-12-26(23,24)13-19(18)22(20)17-6-4-3-5-7-17/h3-10,18-19H,11-13H2,1-2H3/t18-,19-/m0/s1. The summed E-state index contributed by atoms with van der Waals surface area (Å²) in [5.74, 6) is 1.17. The molecule has 0 bridgehead atoms. The molecular formula is C20H22N2O2S2. The zero-order valence-electron chi connectivity index (χ0n) is 14.9. The van der Waals surface area contributed by atoms with E-state index in [1.807, 2.05) is 30.3 Å². The SMILES string of the molecule is Cc1ccc(CSC2=N[C@H]3CS(=O)(=O)C[C@@H]3N2c2ccccc2)cc1C. The van der Waals surface area contributed by atoms with Crippen molar-refractivity contribution in [3.63, 3.8) is 0 Å². The molecule has 0 unspecified atom stereocenters. The van der Waals surface area contributed by atoms with Crippen LogP contribution in [0.4, 0.5) is 5.69 Å². The summed E-state index contributed by atoms with van der Waals surface area (Å²) in [6, 6.07) is 16.3. The predicted octanol–water partition coefficient (Wildman–Crippen LogP) is 3.58. The maximum Gasteiger partial charge on any atom is 0.164 e. The lowest BCUT2D eigenvalue weighted by Gasteiger charge is -2.26. The lowest BCUT2D eigenvalue weighted by molar-refractivity contribution is 0.601. The van der Waals surface area contributed by atoms with Gasteiger partial charge in [-0.2, -0.15) is 0 Å². The van der Waals surface area contributed by atoms with Gasteiger partial charge in [0.15, 0.2) is 15.0 Å². The van der Waals surface area contributed by atoms with E-state index in [1.165, 1.54) is 16.7 Å². The van der Waals surface area contributed by atoms with Crippen LogP contribution in [0.25, 0.3) is 0 Å². The molecule has 0 saturated carbocycles. The van der Waals surface area contributed by atoms with Crippen LogP contribution in [0.2, 0.25) is 0 Å². The summed E-state index contributed by atoms with van der Waals surface area (Å²) in [6.07, 6.45) is 0. The monoisotopic (exact) mass is 386 g/mol. The number of thioether (sulfide) groups is 1. The Bertz CT molecular complexity index is 955. The molecule has 0 N–H and O–H groups in total. The summed E-state index contributed by atoms with van der Waals surface area (Å²) in [4.78, 5) is 6.91. The van der Waals surface area contributed by atoms with E-state index in [-0.39, 0.29) is 23.6 Å². The smallest absolute Gasteiger partial charge is 0.164 e. The first kappa shape index (κ1) is 17.6. The molecule has 4 rings (SSSR count). The van der Waals surface area contributed by atoms with Crippen molar-refractivity contribution in [3.05, 3.63) is 65.2 Å². The normalized spacial score (nSPS) is 23.8. The van der Waals surface area contributed by atoms with Gasteiger partial charge < -0.3 is 4.90 Å². The van der Waals surface area contributed by atoms with Gasteiger partial charge in [0.05, 0.1) is 23.6 Å². The number of hydrogen-bond acceptors (Lipinski definition) is 5. The number of fused-ring (bicyclic) bond motifs is 1. The van der Waals surface area contributed by atoms with Crippen molar-refractivity contribution in [1.29, 1.82) is 0 Å². The highest BCUT2D eigenvalue weighted by Crippen LogP contribution is 2.35. The van der Waals surface area contributed by atoms with Crippen molar-refractivity contribution < 1.29 is 8.42 Å². The zero-order valence-corrected chi connectivity index (χ0v) is 16.6. The number of para-hydroxylation sites is 1. The molecular weight excluding hydrogens is 364 g/mol. The molecule has 2 aromatic rings. The van der Waals surface area contributed by atoms with Gasteiger partial charge in [0, 0.05) is 11.4 Å². The molecule has 4 nitrogen and oxygen atoms in total. The van der Waals surface area contributed by atoms with Crippen molar-refractivity contribution in [3.8, 4) is 0 Å². The summed E-state index contributed by atoms with van der Waals surface area (Å²) in [6.45, 7) is 4.24. The second-order valence-electron chi connectivity index (χ2n) is 7.04. The molecule has 1 fully saturated rings. The number of benzene rings is 2. The molecule has 6 heteroatoms. The molecule has 0 amide bonds. The van der Waals surface area contributed by atoms with Gasteiger partial charge in [-0.25, -0.2) is 8.42 Å². The zero-order chi connectivity index (χ0) is 18.3. The van der Waals surface area contributed by atoms with Gasteiger partial charge in [0.25, 0.3) is 0 Å². The van der Waals surface area contributed by atoms with E-state index in [2.05, 4.69) is 36.9 Å². The summed E-state index contributed by atoms with van der Waals surface area (Å²) in [5.41, 5.74) is 4.86. The average molecular weight is 387 g/mol. The number of rotatable bonds is 3. The van der Waals surface area contributed by atoms with Gasteiger partial charge >= 0.3 is 0 Å². The number of aryl methyl sites for hydroxylation is 2. The predicted molar refractivity (Wildman–Crippen MR) is 110 cm³/mol. The molecule has 2 aromatic carbocycles. The molecule has 2 aliphatic heterocycles. The lowest BCUT2D eigenvalue weighted by atomic mass is 10.1. The molecule has 136 valence electrons. The summed E-state index contributed by atoms with van der Waals surface area (Å²) < 4.78 is 24.1. The maximum absolute atomic E-state index is 12.1. The Morgan fingerprint density at radius 2 is 1.85 bits per heavy atom. The molecule has 2 heterocycles. The number of aliphatic imine (C=N–C) groups is 1. The molecule has 1 saturated heterocycles. The Morgan fingerprint density at radius 1 is 1.08 bits per heavy atom. The minimum absolute atomic E-state index is 0.0790. The molecule has 0 aromatic heterocycles. The van der Waals surface area contributed by atoms with Crippen LogP contribution in [-0.4, -0.2) is 37.2 Å². The Hall–Kier alpha value is -1.79. The van der Waals surface area contributed by atoms with Crippen molar-refractivity contribution >= 4 is 32.5 Å². The Kier molecular flexibility index (Phi) is 4.57. The number of sulfone groups is 1. The first-order chi connectivity index (χ1) is 12.4. The van der Waals surface area contributed by atoms with Gasteiger partial charge in [-0.3, -0.25) is 4.99 Å². The van der Waals surface area contributed by atoms with E-state index in [0.717, 1.165) is 16.6 Å². The van der Waals surface area contributed by atoms with Crippen molar-refractivity contribution in [2.75, 3.05) is 16.4 Å². The van der Waals surface area contributed by atoms with Crippen molar-refractivity contribution in [2.45, 2.75) is 31.7 Å². The Balaban J connectivity index is 1.59. The number of nitrogens with zero attached hydrogens (tertiary/aromatic N) is 2. The highest BCUT2D eigenvalue weighted by Gasteiger charge is 2.47. The average Bonchev–Trinajstić information content (AvgIpc) is 3.07. The maximum atomic E-state index is 12.1. The molecule has 0 spiro atoms. The third kappa shape index (κ3) is 3.40. The minimum Gasteiger partial charge on any atom is -0.315 e. The van der Waals surface area contributed by atoms with Crippen LogP contribution < -0.4 is 4.90 Å². The quantitative estimate of drug-likeness (QED) is 0.809. The fourth-order valence-electron chi connectivity index (χ4n) is 3.56. The van der Waals surface area contributed by atoms with Gasteiger partial charge in [-0.05, 0) is 42.7 Å². The first-order valence-electron chi connectivity index (χ1n) is 8.74. The van der Waals surface area contributed by atoms with Crippen molar-refractivity contribution in [2.24, 2.45) is 4.99 Å². The highest BCUT2D eigenvalue weighted by molar-refractivity contribution is 8.13. The number of anilines is 1. The molecule has 0 aliphatic carbocycles. The van der Waals surface area contributed by atoms with E-state index in [4.69, 9.17) is 4.99 Å². The van der Waals surface area contributed by atoms with Crippen LogP contribution >= 0.6 is 11.8 Å². The van der Waals surface area contributed by atoms with Crippen LogP contribution in [-0.2, 0) is 15.6 Å². The molecule has 0 radical (unpaired) electrons. The van der Waals surface area contributed by atoms with Crippen molar-refractivity contribution in [1.82, 2.24) is 0 Å². The van der Waals surface area contributed by atoms with Gasteiger partial charge in [-0.1, -0.05) is 48.2 Å². The van der Waals surface area contributed by atoms with Crippen LogP contribution in [0, 0.1) is 13.8 Å². The Labute approximate surface area is 159 Å². The third-order valence-electron chi connectivity index (χ3n) is 5.08. The lowest BCUT2D eigenvalue weighted by Crippen LogP contribution is -2.39. The fraction of sp³-hybridized carbons (Fsp3) is 0.350. The van der Waals surface area contributed by atoms with E-state index in [9.17, 15) is 8.42 Å². The number of amidine groups is 1. The molecule has 26 heavy (non-hydrogen) atoms. The van der Waals surface area contributed by atoms with Crippen LogP contribution in [0.1, 0.15) is 16.7 Å². The number of hydrogen-bond donors (Lipinski definition) is 0. The van der Waals surface area contributed by atoms with E-state index in [1.54, 1.807) is 11.8 Å². The second kappa shape index (κ2) is 6.74. The summed E-state index contributed by atoms with van der Waals surface area (Å²) >= 11 is 1.69. The fourth-order valence-corrected chi connectivity index (χ4v) is 6.47. The van der Waals surface area contributed by atoms with E-state index >= 15 is 0 Å². The summed E-state index contributed by atoms with van der Waals surface area (Å²) in [5, 5.41) is 0.930. The second-order valence-corrected chi connectivity index (χ2v) is 10.1. The van der Waals surface area contributed by atoms with Crippen LogP contribution in [0.15, 0.2) is 53.5 Å². The third-order valence-corrected chi connectivity index (χ3v) is 7.82. The van der Waals surface area contributed by atoms with Gasteiger partial charge in [0.1, 0.15) is 0 Å². The molecule has 2 atom stereocenters. The highest BCUT2D eigenvalue weighted by atomic mass is 32.2. The van der Waals surface area contributed by atoms with Crippen LogP contribution in [0.5, 0.6) is 0 Å². The molecule has 2 aliphatic rings. The van der Waals surface area contributed by atoms with E-state index in [0.29, 0.717) is 0 Å². The summed E-state index contributed by atoms with van der Waals surface area (Å²) in [7, 11) is -3.01. The largest absolute Gasteiger partial charge is 0.315 e. The van der Waals surface area contributed by atoms with Gasteiger partial charge in [-0.15, -0.1) is 0 Å². The van der Waals surface area contributed by atoms with Crippen LogP contribution in [0.3, 0.4) is 0 Å². The minimum atomic E-state index is -3.01. The van der Waals surface area contributed by atoms with Gasteiger partial charge in [0.2, 0.25) is 0 Å². The Morgan fingerprint density at radius 3 is 2.58 bits per heavy atom.